The predicted octanol–water partition coefficient (Wildman–Crippen LogP) is 1.05. The number of esters is 1. The van der Waals surface area contributed by atoms with Crippen molar-refractivity contribution in [2.24, 2.45) is 0 Å². The molecule has 0 radical (unpaired) electrons. The van der Waals surface area contributed by atoms with E-state index < -0.39 is 30.3 Å². The van der Waals surface area contributed by atoms with Gasteiger partial charge in [-0.15, -0.1) is 0 Å². The van der Waals surface area contributed by atoms with Gasteiger partial charge < -0.3 is 14.8 Å². The first-order valence-electron chi connectivity index (χ1n) is 6.11. The molecule has 1 rings (SSSR count). The number of imide groups is 1. The molecule has 2 N–H and O–H groups in total. The third-order valence-corrected chi connectivity index (χ3v) is 2.16. The molecule has 7 nitrogen and oxygen atoms in total. The maximum absolute atomic E-state index is 13.2. The van der Waals surface area contributed by atoms with Gasteiger partial charge in [0.15, 0.2) is 6.61 Å². The highest BCUT2D eigenvalue weighted by Gasteiger charge is 2.12. The lowest BCUT2D eigenvalue weighted by Gasteiger charge is -2.08. The quantitative estimate of drug-likeness (QED) is 0.766. The van der Waals surface area contributed by atoms with Gasteiger partial charge in [-0.2, -0.15) is 0 Å². The minimum Gasteiger partial charge on any atom is -0.454 e. The Hall–Kier alpha value is -2.48. The van der Waals surface area contributed by atoms with E-state index in [1.807, 2.05) is 5.32 Å². The lowest BCUT2D eigenvalue weighted by atomic mass is 10.3. The summed E-state index contributed by atoms with van der Waals surface area (Å²) >= 11 is 0. The van der Waals surface area contributed by atoms with E-state index in [9.17, 15) is 18.8 Å². The number of para-hydroxylation sites is 1. The van der Waals surface area contributed by atoms with Crippen LogP contribution in [0.3, 0.4) is 0 Å². The summed E-state index contributed by atoms with van der Waals surface area (Å²) in [5.41, 5.74) is -0.0730. The molecular weight excluding hydrogens is 283 g/mol. The van der Waals surface area contributed by atoms with Gasteiger partial charge in [-0.25, -0.2) is 14.0 Å². The van der Waals surface area contributed by atoms with Crippen molar-refractivity contribution >= 4 is 23.6 Å². The monoisotopic (exact) mass is 298 g/mol. The Kier molecular flexibility index (Phi) is 6.82. The Morgan fingerprint density at radius 3 is 2.57 bits per heavy atom. The van der Waals surface area contributed by atoms with Gasteiger partial charge in [0, 0.05) is 6.61 Å². The molecule has 0 bridgehead atoms. The van der Waals surface area contributed by atoms with Crippen molar-refractivity contribution in [1.29, 1.82) is 0 Å². The van der Waals surface area contributed by atoms with E-state index in [1.165, 1.54) is 18.2 Å². The summed E-state index contributed by atoms with van der Waals surface area (Å²) < 4.78 is 22.6. The molecule has 0 aliphatic carbocycles. The van der Waals surface area contributed by atoms with Crippen LogP contribution >= 0.6 is 0 Å². The number of hydrogen-bond donors (Lipinski definition) is 2. The van der Waals surface area contributed by atoms with Crippen molar-refractivity contribution in [2.45, 2.75) is 6.92 Å². The Morgan fingerprint density at radius 1 is 1.19 bits per heavy atom. The number of carbonyl (C=O) groups excluding carboxylic acids is 3. The molecular formula is C13H15FN2O5. The van der Waals surface area contributed by atoms with Crippen LogP contribution in [0.4, 0.5) is 14.9 Å². The Balaban J connectivity index is 2.33. The van der Waals surface area contributed by atoms with Crippen molar-refractivity contribution in [1.82, 2.24) is 5.32 Å². The molecule has 21 heavy (non-hydrogen) atoms. The fourth-order valence-corrected chi connectivity index (χ4v) is 1.25. The molecule has 114 valence electrons. The van der Waals surface area contributed by atoms with E-state index >= 15 is 0 Å². The van der Waals surface area contributed by atoms with Crippen molar-refractivity contribution in [3.8, 4) is 0 Å². The normalized spacial score (nSPS) is 9.81. The van der Waals surface area contributed by atoms with E-state index in [2.05, 4.69) is 10.1 Å². The van der Waals surface area contributed by atoms with Crippen LogP contribution in [-0.4, -0.2) is 37.7 Å². The molecule has 0 fully saturated rings. The van der Waals surface area contributed by atoms with Gasteiger partial charge in [0.25, 0.3) is 5.91 Å². The van der Waals surface area contributed by atoms with Gasteiger partial charge in [0.05, 0.1) is 5.69 Å². The number of hydrogen-bond acceptors (Lipinski definition) is 5. The van der Waals surface area contributed by atoms with Crippen LogP contribution < -0.4 is 10.6 Å². The molecule has 3 amide bonds. The van der Waals surface area contributed by atoms with Crippen LogP contribution in [0.25, 0.3) is 0 Å². The average molecular weight is 298 g/mol. The van der Waals surface area contributed by atoms with Gasteiger partial charge >= 0.3 is 12.0 Å². The van der Waals surface area contributed by atoms with Gasteiger partial charge in [-0.3, -0.25) is 10.1 Å². The van der Waals surface area contributed by atoms with E-state index in [0.717, 1.165) is 6.07 Å². The average Bonchev–Trinajstić information content (AvgIpc) is 2.45. The number of carbonyl (C=O) groups is 3. The van der Waals surface area contributed by atoms with Gasteiger partial charge in [-0.1, -0.05) is 12.1 Å². The van der Waals surface area contributed by atoms with Gasteiger partial charge in [-0.05, 0) is 19.1 Å². The number of benzene rings is 1. The van der Waals surface area contributed by atoms with Crippen LogP contribution in [-0.2, 0) is 19.1 Å². The van der Waals surface area contributed by atoms with Gasteiger partial charge in [0.2, 0.25) is 0 Å². The molecule has 1 aromatic rings. The Labute approximate surface area is 120 Å². The number of urea groups is 1. The summed E-state index contributed by atoms with van der Waals surface area (Å²) in [5.74, 6) is -2.20. The highest BCUT2D eigenvalue weighted by molar-refractivity contribution is 6.01. The zero-order valence-corrected chi connectivity index (χ0v) is 11.3. The number of anilines is 1. The molecule has 0 saturated carbocycles. The van der Waals surface area contributed by atoms with Crippen molar-refractivity contribution in [3.63, 3.8) is 0 Å². The molecule has 0 spiro atoms. The summed E-state index contributed by atoms with van der Waals surface area (Å²) in [5, 5.41) is 4.05. The summed E-state index contributed by atoms with van der Waals surface area (Å²) in [6.07, 6.45) is 0. The fraction of sp³-hybridized carbons (Fsp3) is 0.308. The van der Waals surface area contributed by atoms with Crippen LogP contribution in [0.1, 0.15) is 6.92 Å². The number of amides is 3. The molecule has 0 aromatic heterocycles. The first-order valence-corrected chi connectivity index (χ1v) is 6.11. The van der Waals surface area contributed by atoms with Crippen molar-refractivity contribution in [2.75, 3.05) is 25.1 Å². The van der Waals surface area contributed by atoms with Crippen LogP contribution in [0, 0.1) is 5.82 Å². The maximum atomic E-state index is 13.2. The zero-order chi connectivity index (χ0) is 15.7. The first-order chi connectivity index (χ1) is 10.0. The Bertz CT molecular complexity index is 521. The molecule has 0 heterocycles. The van der Waals surface area contributed by atoms with E-state index in [-0.39, 0.29) is 12.3 Å². The van der Waals surface area contributed by atoms with E-state index in [4.69, 9.17) is 4.74 Å². The second kappa shape index (κ2) is 8.64. The maximum Gasteiger partial charge on any atom is 0.332 e. The van der Waals surface area contributed by atoms with Crippen molar-refractivity contribution < 1.29 is 28.2 Å². The second-order valence-electron chi connectivity index (χ2n) is 3.78. The highest BCUT2D eigenvalue weighted by atomic mass is 19.1. The molecule has 0 aliphatic heterocycles. The topological polar surface area (TPSA) is 93.7 Å². The molecule has 1 aromatic carbocycles. The fourth-order valence-electron chi connectivity index (χ4n) is 1.25. The van der Waals surface area contributed by atoms with Crippen molar-refractivity contribution in [3.05, 3.63) is 30.1 Å². The van der Waals surface area contributed by atoms with Crippen LogP contribution in [0.5, 0.6) is 0 Å². The number of ether oxygens (including phenoxy) is 2. The smallest absolute Gasteiger partial charge is 0.332 e. The van der Waals surface area contributed by atoms with E-state index in [1.54, 1.807) is 6.92 Å². The van der Waals surface area contributed by atoms with Gasteiger partial charge in [0.1, 0.15) is 12.4 Å². The second-order valence-corrected chi connectivity index (χ2v) is 3.78. The number of rotatable bonds is 6. The third-order valence-electron chi connectivity index (χ3n) is 2.16. The lowest BCUT2D eigenvalue weighted by molar-refractivity contribution is -0.152. The summed E-state index contributed by atoms with van der Waals surface area (Å²) in [4.78, 5) is 33.8. The SMILES string of the molecule is CCOCC(=O)OCC(=O)NC(=O)Nc1ccccc1F. The zero-order valence-electron chi connectivity index (χ0n) is 11.3. The lowest BCUT2D eigenvalue weighted by Crippen LogP contribution is -2.37. The molecule has 0 atom stereocenters. The minimum absolute atomic E-state index is 0.0730. The third kappa shape index (κ3) is 6.48. The minimum atomic E-state index is -0.925. The van der Waals surface area contributed by atoms with E-state index in [0.29, 0.717) is 6.61 Å². The summed E-state index contributed by atoms with van der Waals surface area (Å²) in [6, 6.07) is 4.55. The summed E-state index contributed by atoms with van der Waals surface area (Å²) in [7, 11) is 0. The Morgan fingerprint density at radius 2 is 1.90 bits per heavy atom. The molecule has 8 heteroatoms. The number of nitrogens with one attached hydrogen (secondary N) is 2. The molecule has 0 aliphatic rings. The largest absolute Gasteiger partial charge is 0.454 e. The van der Waals surface area contributed by atoms with Crippen LogP contribution in [0.15, 0.2) is 24.3 Å². The number of halogens is 1. The first kappa shape index (κ1) is 16.6. The van der Waals surface area contributed by atoms with Crippen LogP contribution in [0.2, 0.25) is 0 Å². The standard InChI is InChI=1S/C13H15FN2O5/c1-2-20-8-12(18)21-7-11(17)16-13(19)15-10-6-4-3-5-9(10)14/h3-6H,2,7-8H2,1H3,(H2,15,16,17,19). The molecule has 0 unspecified atom stereocenters. The summed E-state index contributed by atoms with van der Waals surface area (Å²) in [6.45, 7) is 1.14. The highest BCUT2D eigenvalue weighted by Crippen LogP contribution is 2.11. The predicted molar refractivity (Wildman–Crippen MR) is 71.0 cm³/mol. The molecule has 0 saturated heterocycles.